The quantitative estimate of drug-likeness (QED) is 0.343. The van der Waals surface area contributed by atoms with Crippen molar-refractivity contribution < 1.29 is 14.3 Å². The van der Waals surface area contributed by atoms with E-state index in [-0.39, 0.29) is 30.0 Å². The summed E-state index contributed by atoms with van der Waals surface area (Å²) in [5, 5.41) is 6.34. The Morgan fingerprint density at radius 2 is 2.03 bits per heavy atom. The molecule has 29 heavy (non-hydrogen) atoms. The van der Waals surface area contributed by atoms with Gasteiger partial charge in [-0.05, 0) is 32.8 Å². The van der Waals surface area contributed by atoms with Gasteiger partial charge in [0.25, 0.3) is 0 Å². The molecule has 0 radical (unpaired) electrons. The number of guanidine groups is 1. The second kappa shape index (κ2) is 12.2. The molecule has 1 amide bonds. The third-order valence-electron chi connectivity index (χ3n) is 4.49. The van der Waals surface area contributed by atoms with E-state index >= 15 is 0 Å². The van der Waals surface area contributed by atoms with Gasteiger partial charge in [0.05, 0.1) is 12.6 Å². The predicted molar refractivity (Wildman–Crippen MR) is 127 cm³/mol. The van der Waals surface area contributed by atoms with E-state index in [1.807, 2.05) is 58.2 Å². The number of carbonyl (C=O) groups excluding carboxylic acids is 1. The van der Waals surface area contributed by atoms with E-state index in [1.165, 1.54) is 0 Å². The zero-order chi connectivity index (χ0) is 20.6. The lowest BCUT2D eigenvalue weighted by Gasteiger charge is -2.28. The first-order valence-corrected chi connectivity index (χ1v) is 9.82. The number of aliphatic imine (C=N–C) groups is 1. The topological polar surface area (TPSA) is 75.2 Å². The van der Waals surface area contributed by atoms with E-state index < -0.39 is 11.7 Å². The normalized spacial score (nSPS) is 17.8. The number of nitrogens with zero attached hydrogens (tertiary/aromatic N) is 2. The van der Waals surface area contributed by atoms with Crippen LogP contribution in [0.25, 0.3) is 0 Å². The number of alkyl carbamates (subject to hydrolysis) is 1. The molecule has 8 heteroatoms. The van der Waals surface area contributed by atoms with Crippen molar-refractivity contribution in [1.82, 2.24) is 15.5 Å². The lowest BCUT2D eigenvalue weighted by molar-refractivity contribution is 0.0504. The molecule has 0 aliphatic carbocycles. The number of nitrogens with one attached hydrogen (secondary N) is 2. The van der Waals surface area contributed by atoms with Gasteiger partial charge in [-0.1, -0.05) is 30.3 Å². The highest BCUT2D eigenvalue weighted by Crippen LogP contribution is 2.15. The molecule has 1 aliphatic rings. The smallest absolute Gasteiger partial charge is 0.408 e. The fraction of sp³-hybridized carbons (Fsp3) is 0.619. The van der Waals surface area contributed by atoms with E-state index in [2.05, 4.69) is 20.5 Å². The molecule has 2 rings (SSSR count). The molecule has 164 valence electrons. The highest BCUT2D eigenvalue weighted by molar-refractivity contribution is 14.0. The van der Waals surface area contributed by atoms with Gasteiger partial charge in [-0.15, -0.1) is 24.0 Å². The van der Waals surface area contributed by atoms with Crippen LogP contribution in [-0.4, -0.2) is 63.0 Å². The van der Waals surface area contributed by atoms with Crippen molar-refractivity contribution in [3.63, 3.8) is 0 Å². The van der Waals surface area contributed by atoms with E-state index in [0.717, 1.165) is 37.7 Å². The number of rotatable bonds is 6. The maximum atomic E-state index is 12.3. The molecule has 1 aliphatic heterocycles. The molecule has 1 heterocycles. The van der Waals surface area contributed by atoms with Gasteiger partial charge < -0.3 is 25.0 Å². The average Bonchev–Trinajstić information content (AvgIpc) is 3.13. The van der Waals surface area contributed by atoms with Crippen LogP contribution < -0.4 is 10.6 Å². The van der Waals surface area contributed by atoms with E-state index in [1.54, 1.807) is 7.05 Å². The van der Waals surface area contributed by atoms with Gasteiger partial charge >= 0.3 is 6.09 Å². The Morgan fingerprint density at radius 1 is 1.34 bits per heavy atom. The van der Waals surface area contributed by atoms with Crippen LogP contribution in [0.4, 0.5) is 4.79 Å². The minimum Gasteiger partial charge on any atom is -0.444 e. The average molecular weight is 518 g/mol. The zero-order valence-electron chi connectivity index (χ0n) is 18.1. The molecule has 1 aromatic carbocycles. The van der Waals surface area contributed by atoms with Gasteiger partial charge in [0.15, 0.2) is 5.96 Å². The van der Waals surface area contributed by atoms with Crippen molar-refractivity contribution in [2.75, 3.05) is 40.4 Å². The third kappa shape index (κ3) is 9.20. The third-order valence-corrected chi connectivity index (χ3v) is 4.49. The summed E-state index contributed by atoms with van der Waals surface area (Å²) in [6.07, 6.45) is 0.642. The van der Waals surface area contributed by atoms with Crippen molar-refractivity contribution in [3.8, 4) is 0 Å². The number of hydrogen-bond donors (Lipinski definition) is 2. The second-order valence-electron chi connectivity index (χ2n) is 8.15. The molecule has 0 bridgehead atoms. The van der Waals surface area contributed by atoms with Crippen molar-refractivity contribution in [2.45, 2.75) is 38.8 Å². The summed E-state index contributed by atoms with van der Waals surface area (Å²) in [4.78, 5) is 18.8. The summed E-state index contributed by atoms with van der Waals surface area (Å²) < 4.78 is 10.9. The zero-order valence-corrected chi connectivity index (χ0v) is 20.4. The Morgan fingerprint density at radius 3 is 2.59 bits per heavy atom. The fourth-order valence-electron chi connectivity index (χ4n) is 3.17. The molecule has 1 saturated heterocycles. The van der Waals surface area contributed by atoms with E-state index in [9.17, 15) is 4.79 Å². The Balaban J connectivity index is 0.00000420. The minimum atomic E-state index is -0.543. The number of amides is 1. The van der Waals surface area contributed by atoms with Gasteiger partial charge in [-0.3, -0.25) is 4.99 Å². The molecular formula is C21H35IN4O3. The molecule has 0 aromatic heterocycles. The second-order valence-corrected chi connectivity index (χ2v) is 8.15. The van der Waals surface area contributed by atoms with Crippen LogP contribution in [0.3, 0.4) is 0 Å². The van der Waals surface area contributed by atoms with E-state index in [4.69, 9.17) is 9.47 Å². The van der Waals surface area contributed by atoms with Crippen molar-refractivity contribution >= 4 is 36.0 Å². The SMILES string of the molecule is CN=C(NCC(NC(=O)OC(C)(C)C)c1ccccc1)N(C)CC1CCOC1.I. The molecule has 2 atom stereocenters. The summed E-state index contributed by atoms with van der Waals surface area (Å²) in [5.74, 6) is 1.31. The Kier molecular flexibility index (Phi) is 10.7. The lowest BCUT2D eigenvalue weighted by atomic mass is 10.1. The van der Waals surface area contributed by atoms with Crippen LogP contribution >= 0.6 is 24.0 Å². The Bertz CT molecular complexity index is 643. The molecule has 0 spiro atoms. The van der Waals surface area contributed by atoms with Crippen molar-refractivity contribution in [2.24, 2.45) is 10.9 Å². The number of carbonyl (C=O) groups is 1. The number of ether oxygens (including phenoxy) is 2. The summed E-state index contributed by atoms with van der Waals surface area (Å²) in [6.45, 7) is 8.58. The largest absolute Gasteiger partial charge is 0.444 e. The highest BCUT2D eigenvalue weighted by atomic mass is 127. The van der Waals surface area contributed by atoms with Crippen LogP contribution in [0.15, 0.2) is 35.3 Å². The van der Waals surface area contributed by atoms with Crippen LogP contribution in [0.1, 0.15) is 38.8 Å². The Labute approximate surface area is 191 Å². The molecule has 0 saturated carbocycles. The van der Waals surface area contributed by atoms with Gasteiger partial charge in [0.1, 0.15) is 5.60 Å². The van der Waals surface area contributed by atoms with Gasteiger partial charge in [0, 0.05) is 39.7 Å². The maximum absolute atomic E-state index is 12.3. The first-order chi connectivity index (χ1) is 13.3. The molecule has 1 fully saturated rings. The minimum absolute atomic E-state index is 0. The van der Waals surface area contributed by atoms with Crippen LogP contribution in [0.2, 0.25) is 0 Å². The number of benzene rings is 1. The summed E-state index contributed by atoms with van der Waals surface area (Å²) in [6, 6.07) is 9.62. The Hall–Kier alpha value is -1.55. The van der Waals surface area contributed by atoms with Crippen molar-refractivity contribution in [3.05, 3.63) is 35.9 Å². The maximum Gasteiger partial charge on any atom is 0.408 e. The first kappa shape index (κ1) is 25.5. The van der Waals surface area contributed by atoms with Gasteiger partial charge in [-0.2, -0.15) is 0 Å². The van der Waals surface area contributed by atoms with Crippen LogP contribution in [0, 0.1) is 5.92 Å². The van der Waals surface area contributed by atoms with Crippen LogP contribution in [-0.2, 0) is 9.47 Å². The molecule has 1 aromatic rings. The highest BCUT2D eigenvalue weighted by Gasteiger charge is 2.22. The fourth-order valence-corrected chi connectivity index (χ4v) is 3.17. The monoisotopic (exact) mass is 518 g/mol. The van der Waals surface area contributed by atoms with Gasteiger partial charge in [0.2, 0.25) is 0 Å². The van der Waals surface area contributed by atoms with Crippen LogP contribution in [0.5, 0.6) is 0 Å². The molecule has 7 nitrogen and oxygen atoms in total. The summed E-state index contributed by atoms with van der Waals surface area (Å²) in [7, 11) is 3.79. The molecular weight excluding hydrogens is 483 g/mol. The van der Waals surface area contributed by atoms with Crippen molar-refractivity contribution in [1.29, 1.82) is 0 Å². The predicted octanol–water partition coefficient (Wildman–Crippen LogP) is 3.41. The summed E-state index contributed by atoms with van der Waals surface area (Å²) >= 11 is 0. The molecule has 2 N–H and O–H groups in total. The van der Waals surface area contributed by atoms with E-state index in [0.29, 0.717) is 12.5 Å². The first-order valence-electron chi connectivity index (χ1n) is 9.82. The standard InChI is InChI=1S/C21H34N4O3.HI/c1-21(2,3)28-20(26)24-18(17-9-7-6-8-10-17)13-23-19(22-4)25(5)14-16-11-12-27-15-16;/h6-10,16,18H,11-15H2,1-5H3,(H,22,23)(H,24,26);1H. The molecule has 2 unspecified atom stereocenters. The summed E-state index contributed by atoms with van der Waals surface area (Å²) in [5.41, 5.74) is 0.460. The number of halogens is 1. The number of hydrogen-bond acceptors (Lipinski definition) is 4. The lowest BCUT2D eigenvalue weighted by Crippen LogP contribution is -2.45. The van der Waals surface area contributed by atoms with Gasteiger partial charge in [-0.25, -0.2) is 4.79 Å².